The lowest BCUT2D eigenvalue weighted by atomic mass is 9.94. The van der Waals surface area contributed by atoms with Gasteiger partial charge in [0.05, 0.1) is 13.2 Å². The Balaban J connectivity index is 1.49. The van der Waals surface area contributed by atoms with Gasteiger partial charge in [-0.05, 0) is 96.4 Å². The molecule has 9 rings (SSSR count). The molecule has 8 aromatic carbocycles. The summed E-state index contributed by atoms with van der Waals surface area (Å²) in [5.74, 6) is 1.79. The maximum Gasteiger partial charge on any atom is 0.127 e. The van der Waals surface area contributed by atoms with E-state index in [-0.39, 0.29) is 0 Å². The van der Waals surface area contributed by atoms with E-state index >= 15 is 0 Å². The van der Waals surface area contributed by atoms with Crippen molar-refractivity contribution < 1.29 is 9.47 Å². The number of rotatable bonds is 8. The Morgan fingerprint density at radius 1 is 0.304 bits per heavy atom. The molecule has 0 spiro atoms. The first-order valence-corrected chi connectivity index (χ1v) is 22.0. The summed E-state index contributed by atoms with van der Waals surface area (Å²) < 4.78 is 14.1. The lowest BCUT2D eigenvalue weighted by Gasteiger charge is -2.32. The van der Waals surface area contributed by atoms with Crippen LogP contribution in [0.2, 0.25) is 0 Å². The highest BCUT2D eigenvalue weighted by Gasteiger charge is 2.34. The van der Waals surface area contributed by atoms with Crippen LogP contribution in [0, 0.1) is 0 Å². The average molecular weight is 761 g/mol. The molecule has 1 aliphatic rings. The molecule has 0 unspecified atom stereocenters. The molecular formula is C52H42O2P2. The largest absolute Gasteiger partial charge is 0.493 e. The third-order valence-corrected chi connectivity index (χ3v) is 15.3. The molecule has 0 saturated heterocycles. The second kappa shape index (κ2) is 16.9. The van der Waals surface area contributed by atoms with Crippen molar-refractivity contribution in [2.75, 3.05) is 13.2 Å². The Labute approximate surface area is 333 Å². The molecule has 1 heterocycles. The lowest BCUT2D eigenvalue weighted by molar-refractivity contribution is 0.264. The highest BCUT2D eigenvalue weighted by atomic mass is 31.1. The first-order valence-electron chi connectivity index (χ1n) is 19.4. The summed E-state index contributed by atoms with van der Waals surface area (Å²) >= 11 is 0. The van der Waals surface area contributed by atoms with Crippen LogP contribution in [-0.2, 0) is 0 Å². The fourth-order valence-corrected chi connectivity index (χ4v) is 13.0. The van der Waals surface area contributed by atoms with E-state index in [1.54, 1.807) is 0 Å². The van der Waals surface area contributed by atoms with Crippen molar-refractivity contribution in [3.05, 3.63) is 206 Å². The van der Waals surface area contributed by atoms with E-state index in [9.17, 15) is 0 Å². The predicted octanol–water partition coefficient (Wildman–Crippen LogP) is 10.8. The van der Waals surface area contributed by atoms with Crippen molar-refractivity contribution in [2.45, 2.75) is 12.8 Å². The van der Waals surface area contributed by atoms with Gasteiger partial charge in [-0.2, -0.15) is 0 Å². The lowest BCUT2D eigenvalue weighted by Crippen LogP contribution is -2.29. The molecule has 0 aromatic heterocycles. The van der Waals surface area contributed by atoms with Crippen LogP contribution in [0.15, 0.2) is 206 Å². The van der Waals surface area contributed by atoms with E-state index in [4.69, 9.17) is 9.47 Å². The fraction of sp³-hybridized carbons (Fsp3) is 0.0769. The molecule has 0 radical (unpaired) electrons. The molecule has 0 aliphatic carbocycles. The van der Waals surface area contributed by atoms with Crippen LogP contribution < -0.4 is 41.3 Å². The molecule has 2 nitrogen and oxygen atoms in total. The molecule has 1 aliphatic heterocycles. The number of hydrogen-bond acceptors (Lipinski definition) is 2. The van der Waals surface area contributed by atoms with Gasteiger partial charge in [-0.3, -0.25) is 0 Å². The minimum absolute atomic E-state index is 0.615. The zero-order valence-electron chi connectivity index (χ0n) is 31.2. The van der Waals surface area contributed by atoms with Gasteiger partial charge >= 0.3 is 0 Å². The summed E-state index contributed by atoms with van der Waals surface area (Å²) in [6, 6.07) is 75.1. The van der Waals surface area contributed by atoms with E-state index in [1.807, 2.05) is 0 Å². The van der Waals surface area contributed by atoms with Crippen molar-refractivity contribution in [3.63, 3.8) is 0 Å². The maximum atomic E-state index is 7.03. The van der Waals surface area contributed by atoms with Gasteiger partial charge < -0.3 is 9.47 Å². The molecule has 0 bridgehead atoms. The van der Waals surface area contributed by atoms with Gasteiger partial charge in [0.25, 0.3) is 0 Å². The summed E-state index contributed by atoms with van der Waals surface area (Å²) in [4.78, 5) is 0. The summed E-state index contributed by atoms with van der Waals surface area (Å²) in [7, 11) is -2.20. The zero-order chi connectivity index (χ0) is 37.5. The first kappa shape index (κ1) is 35.9. The van der Waals surface area contributed by atoms with Crippen LogP contribution in [0.4, 0.5) is 0 Å². The molecule has 0 amide bonds. The highest BCUT2D eigenvalue weighted by molar-refractivity contribution is 7.81. The van der Waals surface area contributed by atoms with Crippen molar-refractivity contribution in [1.29, 1.82) is 0 Å². The molecule has 8 aromatic rings. The number of ether oxygens (including phenoxy) is 2. The third-order valence-electron chi connectivity index (χ3n) is 10.3. The number of hydrogen-bond donors (Lipinski definition) is 0. The fourth-order valence-electron chi connectivity index (χ4n) is 7.73. The normalized spacial score (nSPS) is 12.6. The van der Waals surface area contributed by atoms with Gasteiger partial charge in [-0.25, -0.2) is 0 Å². The summed E-state index contributed by atoms with van der Waals surface area (Å²) in [6.45, 7) is 1.23. The van der Waals surface area contributed by atoms with E-state index in [2.05, 4.69) is 206 Å². The first-order chi connectivity index (χ1) is 27.8. The van der Waals surface area contributed by atoms with Gasteiger partial charge in [0.1, 0.15) is 11.5 Å². The number of fused-ring (bicyclic) bond motifs is 3. The van der Waals surface area contributed by atoms with Crippen LogP contribution in [0.5, 0.6) is 11.5 Å². The Morgan fingerprint density at radius 3 is 0.893 bits per heavy atom. The van der Waals surface area contributed by atoms with E-state index in [0.29, 0.717) is 13.2 Å². The Morgan fingerprint density at radius 2 is 0.589 bits per heavy atom. The van der Waals surface area contributed by atoms with Crippen molar-refractivity contribution in [1.82, 2.24) is 0 Å². The second-order valence-corrected chi connectivity index (χ2v) is 18.1. The van der Waals surface area contributed by atoms with Crippen LogP contribution in [0.1, 0.15) is 12.8 Å². The minimum atomic E-state index is -1.10. The predicted molar refractivity (Wildman–Crippen MR) is 240 cm³/mol. The van der Waals surface area contributed by atoms with E-state index in [0.717, 1.165) is 35.5 Å². The van der Waals surface area contributed by atoms with Gasteiger partial charge in [0.2, 0.25) is 0 Å². The third kappa shape index (κ3) is 7.32. The minimum Gasteiger partial charge on any atom is -0.493 e. The van der Waals surface area contributed by atoms with Gasteiger partial charge in [-0.15, -0.1) is 0 Å². The molecule has 4 heteroatoms. The van der Waals surface area contributed by atoms with Crippen LogP contribution in [0.3, 0.4) is 0 Å². The quantitative estimate of drug-likeness (QED) is 0.144. The highest BCUT2D eigenvalue weighted by Crippen LogP contribution is 2.51. The smallest absolute Gasteiger partial charge is 0.127 e. The molecule has 0 N–H and O–H groups in total. The maximum absolute atomic E-state index is 7.03. The standard InChI is InChI=1S/C52H42O2P2/c1-7-21-39(22-8-1)45-33-35-47-49(51(45)55(41-25-11-3-12-26-41)42-27-13-4-14-28-42)50-48(54-38-20-19-37-53-47)36-34-46(40-23-9-2-10-24-40)52(50)56(43-29-15-5-16-30-43)44-31-17-6-18-32-44/h1-18,21-36H,19-20,37-38H2. The Kier molecular flexibility index (Phi) is 10.9. The van der Waals surface area contributed by atoms with Crippen molar-refractivity contribution in [3.8, 4) is 44.9 Å². The molecule has 0 fully saturated rings. The average Bonchev–Trinajstić information content (AvgIpc) is 3.27. The Hall–Kier alpha value is -5.78. The Bertz CT molecular complexity index is 2250. The summed E-state index contributed by atoms with van der Waals surface area (Å²) in [5.41, 5.74) is 7.00. The monoisotopic (exact) mass is 760 g/mol. The summed E-state index contributed by atoms with van der Waals surface area (Å²) in [6.07, 6.45) is 1.82. The molecule has 0 saturated carbocycles. The molecule has 0 atom stereocenters. The zero-order valence-corrected chi connectivity index (χ0v) is 33.0. The van der Waals surface area contributed by atoms with Crippen molar-refractivity contribution >= 4 is 47.7 Å². The van der Waals surface area contributed by atoms with Crippen LogP contribution in [-0.4, -0.2) is 13.2 Å². The van der Waals surface area contributed by atoms with Gasteiger partial charge in [0, 0.05) is 21.7 Å². The van der Waals surface area contributed by atoms with Gasteiger partial charge in [-0.1, -0.05) is 182 Å². The second-order valence-electron chi connectivity index (χ2n) is 13.8. The van der Waals surface area contributed by atoms with Gasteiger partial charge in [0.15, 0.2) is 0 Å². The van der Waals surface area contributed by atoms with Crippen molar-refractivity contribution in [2.24, 2.45) is 0 Å². The van der Waals surface area contributed by atoms with E-state index < -0.39 is 15.8 Å². The van der Waals surface area contributed by atoms with Crippen LogP contribution >= 0.6 is 15.8 Å². The SMILES string of the molecule is c1ccc(-c2ccc3c(c2P(c2ccccc2)c2ccccc2)-c2c(ccc(-c4ccccc4)c2P(c2ccccc2)c2ccccc2)OCCCCO3)cc1. The summed E-state index contributed by atoms with van der Waals surface area (Å²) in [5, 5.41) is 7.69. The van der Waals surface area contributed by atoms with Crippen LogP contribution in [0.25, 0.3) is 33.4 Å². The number of benzene rings is 8. The molecule has 56 heavy (non-hydrogen) atoms. The molecular weight excluding hydrogens is 719 g/mol. The van der Waals surface area contributed by atoms with E-state index in [1.165, 1.54) is 54.1 Å². The molecule has 272 valence electrons. The topological polar surface area (TPSA) is 18.5 Å².